The number of thioether (sulfide) groups is 1. The fourth-order valence-corrected chi connectivity index (χ4v) is 0.770. The van der Waals surface area contributed by atoms with Crippen LogP contribution in [0.25, 0.3) is 0 Å². The predicted molar refractivity (Wildman–Crippen MR) is 29.2 cm³/mol. The molecule has 0 aromatic heterocycles. The van der Waals surface area contributed by atoms with E-state index in [1.807, 2.05) is 12.2 Å². The highest BCUT2D eigenvalue weighted by Gasteiger charge is 2.01. The highest BCUT2D eigenvalue weighted by Crippen LogP contribution is 2.19. The molecule has 0 fully saturated rings. The van der Waals surface area contributed by atoms with Crippen molar-refractivity contribution in [1.29, 1.82) is 0 Å². The predicted octanol–water partition coefficient (Wildman–Crippen LogP) is 1.95. The zero-order chi connectivity index (χ0) is 4.41. The fourth-order valence-electron chi connectivity index (χ4n) is 0.312. The van der Waals surface area contributed by atoms with Crippen LogP contribution in [0, 0.1) is 5.41 Å². The summed E-state index contributed by atoms with van der Waals surface area (Å²) >= 11 is 1.65. The van der Waals surface area contributed by atoms with Crippen LogP contribution < -0.4 is 0 Å². The Bertz CT molecular complexity index is 101. The second-order valence-electron chi connectivity index (χ2n) is 1.16. The number of hydrogen-bond donors (Lipinski definition) is 0. The van der Waals surface area contributed by atoms with Crippen LogP contribution in [0.15, 0.2) is 17.1 Å². The van der Waals surface area contributed by atoms with Gasteiger partial charge in [-0.2, -0.15) is 0 Å². The number of rotatable bonds is 0. The molecule has 0 bridgehead atoms. The van der Waals surface area contributed by atoms with Gasteiger partial charge in [0, 0.05) is 0 Å². The van der Waals surface area contributed by atoms with Gasteiger partial charge in [0.25, 0.3) is 0 Å². The van der Waals surface area contributed by atoms with E-state index in [0.29, 0.717) is 0 Å². The summed E-state index contributed by atoms with van der Waals surface area (Å²) < 4.78 is 0. The normalized spacial score (nSPS) is 17.2. The van der Waals surface area contributed by atoms with Crippen molar-refractivity contribution in [1.82, 2.24) is 0 Å². The summed E-state index contributed by atoms with van der Waals surface area (Å²) in [5.74, 6) is 0. The van der Waals surface area contributed by atoms with E-state index in [1.165, 1.54) is 4.91 Å². The molecule has 0 radical (unpaired) electrons. The van der Waals surface area contributed by atoms with E-state index in [-0.39, 0.29) is 0 Å². The summed E-state index contributed by atoms with van der Waals surface area (Å²) in [4.78, 5) is 1.33. The van der Waals surface area contributed by atoms with Crippen molar-refractivity contribution < 1.29 is 0 Å². The Morgan fingerprint density at radius 1 is 1.83 bits per heavy atom. The molecular weight excluding hydrogens is 92.1 g/mol. The zero-order valence-electron chi connectivity index (χ0n) is 3.56. The van der Waals surface area contributed by atoms with Gasteiger partial charge in [0.1, 0.15) is 5.41 Å². The smallest absolute Gasteiger partial charge is 0.0114 e. The van der Waals surface area contributed by atoms with Gasteiger partial charge < -0.3 is 0 Å². The van der Waals surface area contributed by atoms with Gasteiger partial charge in [-0.15, -0.1) is 0 Å². The van der Waals surface area contributed by atoms with Gasteiger partial charge >= 0.3 is 0 Å². The van der Waals surface area contributed by atoms with E-state index in [0.717, 1.165) is 0 Å². The molecule has 0 saturated carbocycles. The molecule has 30 valence electrons. The van der Waals surface area contributed by atoms with Crippen LogP contribution in [0.5, 0.6) is 0 Å². The molecule has 0 unspecified atom stereocenters. The standard InChI is InChI=1S/C5H5S/c1-5-3-2-4-6-5/h2-3H,1H3/q+1. The molecule has 0 aromatic carbocycles. The molecular formula is C5H5S+. The molecule has 0 nitrogen and oxygen atoms in total. The third-order valence-electron chi connectivity index (χ3n) is 0.606. The molecule has 0 N–H and O–H groups in total. The first-order valence-corrected chi connectivity index (χ1v) is 2.64. The summed E-state index contributed by atoms with van der Waals surface area (Å²) in [5.41, 5.74) is 0. The van der Waals surface area contributed by atoms with Crippen molar-refractivity contribution in [2.24, 2.45) is 0 Å². The maximum atomic E-state index is 2.97. The van der Waals surface area contributed by atoms with Crippen molar-refractivity contribution in [3.05, 3.63) is 22.5 Å². The van der Waals surface area contributed by atoms with Crippen LogP contribution in [0.4, 0.5) is 0 Å². The minimum atomic E-state index is 1.33. The average molecular weight is 97.2 g/mol. The minimum absolute atomic E-state index is 1.33. The molecule has 0 aliphatic carbocycles. The van der Waals surface area contributed by atoms with E-state index in [1.54, 1.807) is 11.8 Å². The summed E-state index contributed by atoms with van der Waals surface area (Å²) in [5, 5.41) is 2.97. The first-order valence-electron chi connectivity index (χ1n) is 1.82. The summed E-state index contributed by atoms with van der Waals surface area (Å²) in [6, 6.07) is 0. The molecule has 0 atom stereocenters. The van der Waals surface area contributed by atoms with E-state index >= 15 is 0 Å². The zero-order valence-corrected chi connectivity index (χ0v) is 4.38. The topological polar surface area (TPSA) is 0 Å². The molecule has 0 aromatic rings. The SMILES string of the molecule is CC1=CC=[C+]S1. The molecule has 1 heterocycles. The first kappa shape index (κ1) is 3.91. The third kappa shape index (κ3) is 0.618. The van der Waals surface area contributed by atoms with Gasteiger partial charge in [0.05, 0.1) is 22.7 Å². The summed E-state index contributed by atoms with van der Waals surface area (Å²) in [7, 11) is 0. The van der Waals surface area contributed by atoms with Crippen molar-refractivity contribution in [3.63, 3.8) is 0 Å². The van der Waals surface area contributed by atoms with Gasteiger partial charge in [-0.05, 0) is 6.92 Å². The quantitative estimate of drug-likeness (QED) is 0.416. The Morgan fingerprint density at radius 3 is 2.83 bits per heavy atom. The van der Waals surface area contributed by atoms with Crippen LogP contribution in [0.3, 0.4) is 0 Å². The van der Waals surface area contributed by atoms with Gasteiger partial charge in [-0.1, -0.05) is 0 Å². The van der Waals surface area contributed by atoms with Crippen molar-refractivity contribution in [3.8, 4) is 0 Å². The lowest BCUT2D eigenvalue weighted by Crippen LogP contribution is -1.47. The second kappa shape index (κ2) is 1.46. The van der Waals surface area contributed by atoms with Gasteiger partial charge in [0.15, 0.2) is 6.08 Å². The van der Waals surface area contributed by atoms with Crippen LogP contribution >= 0.6 is 11.8 Å². The van der Waals surface area contributed by atoms with Crippen molar-refractivity contribution in [2.45, 2.75) is 6.92 Å². The Hall–Kier alpha value is -0.260. The highest BCUT2D eigenvalue weighted by atomic mass is 32.2. The average Bonchev–Trinajstić information content (AvgIpc) is 1.86. The molecule has 0 spiro atoms. The maximum Gasteiger partial charge on any atom is 0.169 e. The fraction of sp³-hybridized carbons (Fsp3) is 0.200. The van der Waals surface area contributed by atoms with Crippen molar-refractivity contribution in [2.75, 3.05) is 0 Å². The number of allylic oxidation sites excluding steroid dienone is 3. The van der Waals surface area contributed by atoms with Crippen LogP contribution in [-0.4, -0.2) is 0 Å². The minimum Gasteiger partial charge on any atom is -0.0114 e. The monoisotopic (exact) mass is 97.0 g/mol. The Balaban J connectivity index is 2.61. The van der Waals surface area contributed by atoms with Gasteiger partial charge in [0.2, 0.25) is 0 Å². The summed E-state index contributed by atoms with van der Waals surface area (Å²) in [6.45, 7) is 2.07. The highest BCUT2D eigenvalue weighted by molar-refractivity contribution is 8.04. The molecule has 1 rings (SSSR count). The first-order chi connectivity index (χ1) is 2.89. The molecule has 1 aliphatic heterocycles. The van der Waals surface area contributed by atoms with Crippen LogP contribution in [-0.2, 0) is 0 Å². The largest absolute Gasteiger partial charge is 0.169 e. The van der Waals surface area contributed by atoms with Crippen LogP contribution in [0.2, 0.25) is 0 Å². The van der Waals surface area contributed by atoms with E-state index < -0.39 is 0 Å². The lowest BCUT2D eigenvalue weighted by Gasteiger charge is -1.65. The number of hydrogen-bond acceptors (Lipinski definition) is 1. The third-order valence-corrected chi connectivity index (χ3v) is 1.32. The molecule has 1 aliphatic rings. The Labute approximate surface area is 41.9 Å². The van der Waals surface area contributed by atoms with E-state index in [4.69, 9.17) is 0 Å². The second-order valence-corrected chi connectivity index (χ2v) is 2.25. The van der Waals surface area contributed by atoms with E-state index in [2.05, 4.69) is 12.3 Å². The lowest BCUT2D eigenvalue weighted by atomic mass is 10.5. The van der Waals surface area contributed by atoms with Crippen LogP contribution in [0.1, 0.15) is 6.92 Å². The molecule has 1 heteroatoms. The molecule has 6 heavy (non-hydrogen) atoms. The summed E-state index contributed by atoms with van der Waals surface area (Å²) in [6.07, 6.45) is 3.98. The Morgan fingerprint density at radius 2 is 2.67 bits per heavy atom. The van der Waals surface area contributed by atoms with E-state index in [9.17, 15) is 0 Å². The Kier molecular flexibility index (Phi) is 0.952. The van der Waals surface area contributed by atoms with Gasteiger partial charge in [-0.3, -0.25) is 0 Å². The van der Waals surface area contributed by atoms with Gasteiger partial charge in [-0.25, -0.2) is 0 Å². The molecule has 0 amide bonds. The lowest BCUT2D eigenvalue weighted by molar-refractivity contribution is 1.70. The molecule has 0 saturated heterocycles. The maximum absolute atomic E-state index is 2.97. The van der Waals surface area contributed by atoms with Crippen molar-refractivity contribution >= 4 is 11.8 Å².